The molecular formula is C16H25ClO2. The van der Waals surface area contributed by atoms with Crippen LogP contribution in [0.25, 0.3) is 0 Å². The molecule has 0 spiro atoms. The van der Waals surface area contributed by atoms with Crippen molar-refractivity contribution in [2.75, 3.05) is 0 Å². The van der Waals surface area contributed by atoms with E-state index >= 15 is 0 Å². The number of fused-ring (bicyclic) bond motifs is 1. The maximum absolute atomic E-state index is 10.9. The second-order valence-corrected chi connectivity index (χ2v) is 6.78. The van der Waals surface area contributed by atoms with E-state index in [1.54, 1.807) is 0 Å². The molecule has 2 nitrogen and oxygen atoms in total. The van der Waals surface area contributed by atoms with Gasteiger partial charge in [-0.25, -0.2) is 4.79 Å². The number of hydrogen-bond donors (Lipinski definition) is 0. The fraction of sp³-hybridized carbons (Fsp3) is 0.812. The van der Waals surface area contributed by atoms with Crippen molar-refractivity contribution in [2.24, 2.45) is 17.3 Å². The van der Waals surface area contributed by atoms with Crippen molar-refractivity contribution in [3.63, 3.8) is 0 Å². The molecule has 0 aromatic heterocycles. The average molecular weight is 285 g/mol. The first kappa shape index (κ1) is 14.9. The number of carbonyl (C=O) groups is 1. The van der Waals surface area contributed by atoms with Crippen LogP contribution in [0.15, 0.2) is 11.6 Å². The molecular weight excluding hydrogens is 260 g/mol. The van der Waals surface area contributed by atoms with Crippen molar-refractivity contribution < 1.29 is 9.53 Å². The molecule has 19 heavy (non-hydrogen) atoms. The van der Waals surface area contributed by atoms with Gasteiger partial charge in [0.1, 0.15) is 6.10 Å². The van der Waals surface area contributed by atoms with Gasteiger partial charge in [0, 0.05) is 18.0 Å². The zero-order valence-electron chi connectivity index (χ0n) is 12.2. The van der Waals surface area contributed by atoms with Crippen LogP contribution in [0.3, 0.4) is 0 Å². The fourth-order valence-corrected chi connectivity index (χ4v) is 4.33. The van der Waals surface area contributed by atoms with Gasteiger partial charge >= 0.3 is 5.43 Å². The topological polar surface area (TPSA) is 26.3 Å². The average Bonchev–Trinajstić information content (AvgIpc) is 2.34. The van der Waals surface area contributed by atoms with Crippen molar-refractivity contribution in [1.82, 2.24) is 0 Å². The summed E-state index contributed by atoms with van der Waals surface area (Å²) in [6, 6.07) is 0. The summed E-state index contributed by atoms with van der Waals surface area (Å²) in [4.78, 5) is 10.9. The summed E-state index contributed by atoms with van der Waals surface area (Å²) >= 11 is 5.34. The molecule has 0 aliphatic heterocycles. The molecule has 0 N–H and O–H groups in total. The first-order valence-corrected chi connectivity index (χ1v) is 7.90. The van der Waals surface area contributed by atoms with Crippen molar-refractivity contribution in [3.05, 3.63) is 11.6 Å². The first-order valence-electron chi connectivity index (χ1n) is 7.53. The normalized spacial score (nSPS) is 38.3. The lowest BCUT2D eigenvalue weighted by Crippen LogP contribution is -2.42. The molecule has 0 amide bonds. The molecule has 1 fully saturated rings. The van der Waals surface area contributed by atoms with Crippen LogP contribution in [-0.4, -0.2) is 11.5 Å². The third kappa shape index (κ3) is 2.99. The van der Waals surface area contributed by atoms with Crippen molar-refractivity contribution in [2.45, 2.75) is 65.4 Å². The predicted molar refractivity (Wildman–Crippen MR) is 78.3 cm³/mol. The molecule has 4 atom stereocenters. The van der Waals surface area contributed by atoms with E-state index in [9.17, 15) is 4.79 Å². The van der Waals surface area contributed by atoms with Crippen LogP contribution in [0.1, 0.15) is 59.3 Å². The second kappa shape index (κ2) is 5.87. The Bertz CT molecular complexity index is 377. The summed E-state index contributed by atoms with van der Waals surface area (Å²) in [5.41, 5.74) is 1.14. The maximum atomic E-state index is 10.9. The highest BCUT2D eigenvalue weighted by molar-refractivity contribution is 6.61. The van der Waals surface area contributed by atoms with Gasteiger partial charge in [0.2, 0.25) is 0 Å². The molecule has 3 heteroatoms. The Kier molecular flexibility index (Phi) is 4.60. The number of ether oxygens (including phenoxy) is 1. The van der Waals surface area contributed by atoms with Crippen LogP contribution in [0.2, 0.25) is 0 Å². The van der Waals surface area contributed by atoms with E-state index in [1.165, 1.54) is 18.4 Å². The van der Waals surface area contributed by atoms with Crippen molar-refractivity contribution >= 4 is 17.0 Å². The molecule has 0 radical (unpaired) electrons. The maximum Gasteiger partial charge on any atom is 0.404 e. The number of allylic oxidation sites excluding steroid dienone is 1. The van der Waals surface area contributed by atoms with E-state index in [1.807, 2.05) is 0 Å². The van der Waals surface area contributed by atoms with Crippen molar-refractivity contribution in [1.29, 1.82) is 0 Å². The third-order valence-corrected chi connectivity index (χ3v) is 5.36. The fourth-order valence-electron chi connectivity index (χ4n) is 4.21. The van der Waals surface area contributed by atoms with Crippen LogP contribution >= 0.6 is 11.6 Å². The van der Waals surface area contributed by atoms with Gasteiger partial charge in [-0.2, -0.15) is 0 Å². The van der Waals surface area contributed by atoms with Gasteiger partial charge in [0.15, 0.2) is 0 Å². The second-order valence-electron chi connectivity index (χ2n) is 6.48. The summed E-state index contributed by atoms with van der Waals surface area (Å²) in [7, 11) is 0. The first-order chi connectivity index (χ1) is 8.97. The zero-order chi connectivity index (χ0) is 14.0. The van der Waals surface area contributed by atoms with Gasteiger partial charge in [-0.1, -0.05) is 38.8 Å². The molecule has 0 heterocycles. The van der Waals surface area contributed by atoms with Gasteiger partial charge < -0.3 is 4.74 Å². The van der Waals surface area contributed by atoms with Crippen LogP contribution in [0, 0.1) is 17.3 Å². The smallest absolute Gasteiger partial charge is 0.404 e. The SMILES string of the molecule is CCCC1C(C)CC=C2CC(OC(=O)Cl)CCC21C. The minimum atomic E-state index is -0.663. The largest absolute Gasteiger partial charge is 0.450 e. The Hall–Kier alpha value is -0.500. The molecule has 2 aliphatic carbocycles. The van der Waals surface area contributed by atoms with E-state index in [0.717, 1.165) is 37.5 Å². The zero-order valence-corrected chi connectivity index (χ0v) is 13.0. The van der Waals surface area contributed by atoms with E-state index in [2.05, 4.69) is 26.8 Å². The molecule has 1 saturated carbocycles. The lowest BCUT2D eigenvalue weighted by atomic mass is 9.56. The van der Waals surface area contributed by atoms with E-state index in [0.29, 0.717) is 5.41 Å². The summed E-state index contributed by atoms with van der Waals surface area (Å²) in [5.74, 6) is 1.53. The standard InChI is InChI=1S/C16H25ClO2/c1-4-5-14-11(2)6-7-12-10-13(19-15(17)18)8-9-16(12,14)3/h7,11,13-14H,4-6,8-10H2,1-3H3. The highest BCUT2D eigenvalue weighted by Gasteiger charge is 2.45. The molecule has 4 unspecified atom stereocenters. The van der Waals surface area contributed by atoms with Crippen LogP contribution < -0.4 is 0 Å². The van der Waals surface area contributed by atoms with Gasteiger partial charge in [0.25, 0.3) is 0 Å². The summed E-state index contributed by atoms with van der Waals surface area (Å²) in [6.45, 7) is 7.06. The number of carbonyl (C=O) groups excluding carboxylic acids is 1. The Morgan fingerprint density at radius 3 is 2.95 bits per heavy atom. The van der Waals surface area contributed by atoms with Gasteiger partial charge in [-0.15, -0.1) is 0 Å². The number of hydrogen-bond acceptors (Lipinski definition) is 2. The summed E-state index contributed by atoms with van der Waals surface area (Å²) in [5, 5.41) is 0. The molecule has 2 rings (SSSR count). The van der Waals surface area contributed by atoms with E-state index in [4.69, 9.17) is 16.3 Å². The minimum absolute atomic E-state index is 0.0139. The summed E-state index contributed by atoms with van der Waals surface area (Å²) < 4.78 is 5.19. The van der Waals surface area contributed by atoms with Crippen LogP contribution in [-0.2, 0) is 4.74 Å². The third-order valence-electron chi connectivity index (χ3n) is 5.27. The van der Waals surface area contributed by atoms with Crippen LogP contribution in [0.4, 0.5) is 4.79 Å². The van der Waals surface area contributed by atoms with Gasteiger partial charge in [-0.3, -0.25) is 0 Å². The van der Waals surface area contributed by atoms with Gasteiger partial charge in [0.05, 0.1) is 0 Å². The molecule has 0 bridgehead atoms. The number of rotatable bonds is 3. The molecule has 0 aromatic carbocycles. The monoisotopic (exact) mass is 284 g/mol. The van der Waals surface area contributed by atoms with Gasteiger partial charge in [-0.05, 0) is 42.9 Å². The van der Waals surface area contributed by atoms with E-state index < -0.39 is 5.43 Å². The number of halogens is 1. The Morgan fingerprint density at radius 1 is 1.58 bits per heavy atom. The van der Waals surface area contributed by atoms with E-state index in [-0.39, 0.29) is 6.10 Å². The lowest BCUT2D eigenvalue weighted by molar-refractivity contribution is 0.0436. The predicted octanol–water partition coefficient (Wildman–Crippen LogP) is 5.30. The highest BCUT2D eigenvalue weighted by atomic mass is 35.5. The lowest BCUT2D eigenvalue weighted by Gasteiger charge is -2.50. The highest BCUT2D eigenvalue weighted by Crippen LogP contribution is 2.54. The molecule has 2 aliphatic rings. The van der Waals surface area contributed by atoms with Crippen molar-refractivity contribution in [3.8, 4) is 0 Å². The Labute approximate surface area is 121 Å². The van der Waals surface area contributed by atoms with Crippen LogP contribution in [0.5, 0.6) is 0 Å². The molecule has 0 saturated heterocycles. The molecule has 108 valence electrons. The summed E-state index contributed by atoms with van der Waals surface area (Å²) in [6.07, 6.45) is 9.03. The Morgan fingerprint density at radius 2 is 2.32 bits per heavy atom. The molecule has 0 aromatic rings. The quantitative estimate of drug-likeness (QED) is 0.519. The minimum Gasteiger partial charge on any atom is -0.450 e. The Balaban J connectivity index is 2.15.